The molecule has 1 saturated heterocycles. The molecule has 5 heteroatoms. The molecule has 122 valence electrons. The minimum absolute atomic E-state index is 0.117. The highest BCUT2D eigenvalue weighted by atomic mass is 16.5. The maximum atomic E-state index is 12.4. The number of benzene rings is 1. The van der Waals surface area contributed by atoms with Crippen LogP contribution in [0.5, 0.6) is 0 Å². The van der Waals surface area contributed by atoms with Gasteiger partial charge in [0, 0.05) is 32.7 Å². The van der Waals surface area contributed by atoms with Crippen LogP contribution in [0.25, 0.3) is 0 Å². The van der Waals surface area contributed by atoms with Gasteiger partial charge in [-0.2, -0.15) is 0 Å². The third-order valence-corrected chi connectivity index (χ3v) is 4.00. The molecule has 1 amide bonds. The van der Waals surface area contributed by atoms with Crippen molar-refractivity contribution in [2.75, 3.05) is 45.9 Å². The lowest BCUT2D eigenvalue weighted by Gasteiger charge is -2.35. The molecule has 1 N–H and O–H groups in total. The van der Waals surface area contributed by atoms with Crippen molar-refractivity contribution in [3.05, 3.63) is 35.9 Å². The van der Waals surface area contributed by atoms with E-state index < -0.39 is 0 Å². The number of aliphatic hydroxyl groups is 1. The molecule has 0 aromatic heterocycles. The van der Waals surface area contributed by atoms with Crippen LogP contribution < -0.4 is 0 Å². The molecule has 1 aliphatic heterocycles. The van der Waals surface area contributed by atoms with Gasteiger partial charge in [0.1, 0.15) is 0 Å². The standard InChI is InChI=1S/C17H26N2O3/c1-15(13-22-14-16-5-3-2-4-6-16)17(21)19-9-7-18(8-10-19)11-12-20/h2-6,15,20H,7-14H2,1H3/t15-/m1/s1. The van der Waals surface area contributed by atoms with Crippen LogP contribution in [-0.2, 0) is 16.1 Å². The van der Waals surface area contributed by atoms with E-state index >= 15 is 0 Å². The third kappa shape index (κ3) is 5.09. The summed E-state index contributed by atoms with van der Waals surface area (Å²) in [5.74, 6) is 0.0461. The number of nitrogens with zero attached hydrogens (tertiary/aromatic N) is 2. The molecule has 22 heavy (non-hydrogen) atoms. The van der Waals surface area contributed by atoms with E-state index in [4.69, 9.17) is 9.84 Å². The number of β-amino-alcohol motifs (C(OH)–C–C–N with tert-alkyl or cyclic N) is 1. The molecule has 1 aliphatic rings. The topological polar surface area (TPSA) is 53.0 Å². The summed E-state index contributed by atoms with van der Waals surface area (Å²) < 4.78 is 5.66. The van der Waals surface area contributed by atoms with E-state index in [-0.39, 0.29) is 18.4 Å². The Kier molecular flexibility index (Phi) is 6.83. The van der Waals surface area contributed by atoms with Crippen LogP contribution >= 0.6 is 0 Å². The normalized spacial score (nSPS) is 17.5. The first kappa shape index (κ1) is 16.9. The van der Waals surface area contributed by atoms with Gasteiger partial charge >= 0.3 is 0 Å². The quantitative estimate of drug-likeness (QED) is 0.816. The van der Waals surface area contributed by atoms with Gasteiger partial charge in [-0.05, 0) is 5.56 Å². The minimum Gasteiger partial charge on any atom is -0.395 e. The van der Waals surface area contributed by atoms with Gasteiger partial charge in [0.2, 0.25) is 5.91 Å². The fourth-order valence-electron chi connectivity index (χ4n) is 2.64. The number of ether oxygens (including phenoxy) is 1. The molecule has 1 heterocycles. The molecule has 0 bridgehead atoms. The molecule has 0 spiro atoms. The van der Waals surface area contributed by atoms with E-state index in [0.717, 1.165) is 31.7 Å². The van der Waals surface area contributed by atoms with Crippen molar-refractivity contribution < 1.29 is 14.6 Å². The summed E-state index contributed by atoms with van der Waals surface area (Å²) in [6.45, 7) is 6.94. The summed E-state index contributed by atoms with van der Waals surface area (Å²) in [6.07, 6.45) is 0. The fourth-order valence-corrected chi connectivity index (χ4v) is 2.64. The van der Waals surface area contributed by atoms with Gasteiger partial charge in [-0.15, -0.1) is 0 Å². The highest BCUT2D eigenvalue weighted by Gasteiger charge is 2.24. The van der Waals surface area contributed by atoms with Crippen LogP contribution in [0.3, 0.4) is 0 Å². The predicted octanol–water partition coefficient (Wildman–Crippen LogP) is 0.976. The average Bonchev–Trinajstić information content (AvgIpc) is 2.56. The summed E-state index contributed by atoms with van der Waals surface area (Å²) in [6, 6.07) is 9.99. The zero-order valence-corrected chi connectivity index (χ0v) is 13.3. The molecule has 1 fully saturated rings. The molecule has 1 atom stereocenters. The number of aliphatic hydroxyl groups excluding tert-OH is 1. The highest BCUT2D eigenvalue weighted by molar-refractivity contribution is 5.78. The van der Waals surface area contributed by atoms with Crippen LogP contribution in [0.1, 0.15) is 12.5 Å². The van der Waals surface area contributed by atoms with Crippen molar-refractivity contribution in [3.63, 3.8) is 0 Å². The number of amides is 1. The Morgan fingerprint density at radius 2 is 1.91 bits per heavy atom. The van der Waals surface area contributed by atoms with E-state index in [2.05, 4.69) is 4.90 Å². The SMILES string of the molecule is C[C@H](COCc1ccccc1)C(=O)N1CCN(CCO)CC1. The van der Waals surface area contributed by atoms with Gasteiger partial charge < -0.3 is 14.7 Å². The Balaban J connectivity index is 1.69. The van der Waals surface area contributed by atoms with Gasteiger partial charge in [-0.3, -0.25) is 9.69 Å². The van der Waals surface area contributed by atoms with E-state index in [9.17, 15) is 4.79 Å². The average molecular weight is 306 g/mol. The Bertz CT molecular complexity index is 444. The van der Waals surface area contributed by atoms with Crippen LogP contribution in [0, 0.1) is 5.92 Å². The third-order valence-electron chi connectivity index (χ3n) is 4.00. The fraction of sp³-hybridized carbons (Fsp3) is 0.588. The van der Waals surface area contributed by atoms with Crippen molar-refractivity contribution in [2.24, 2.45) is 5.92 Å². The largest absolute Gasteiger partial charge is 0.395 e. The van der Waals surface area contributed by atoms with Crippen molar-refractivity contribution in [1.29, 1.82) is 0 Å². The molecule has 2 rings (SSSR count). The molecule has 0 aliphatic carbocycles. The number of hydrogen-bond acceptors (Lipinski definition) is 4. The Labute approximate surface area is 132 Å². The first-order valence-corrected chi connectivity index (χ1v) is 7.94. The van der Waals surface area contributed by atoms with E-state index in [1.165, 1.54) is 0 Å². The summed E-state index contributed by atoms with van der Waals surface area (Å²) in [4.78, 5) is 16.5. The van der Waals surface area contributed by atoms with Crippen LogP contribution in [0.2, 0.25) is 0 Å². The maximum absolute atomic E-state index is 12.4. The van der Waals surface area contributed by atoms with Gasteiger partial charge in [-0.1, -0.05) is 37.3 Å². The van der Waals surface area contributed by atoms with Gasteiger partial charge in [0.05, 0.1) is 25.7 Å². The zero-order valence-electron chi connectivity index (χ0n) is 13.3. The summed E-state index contributed by atoms with van der Waals surface area (Å²) >= 11 is 0. The predicted molar refractivity (Wildman–Crippen MR) is 85.4 cm³/mol. The highest BCUT2D eigenvalue weighted by Crippen LogP contribution is 2.09. The summed E-state index contributed by atoms with van der Waals surface area (Å²) in [7, 11) is 0. The van der Waals surface area contributed by atoms with Crippen molar-refractivity contribution in [2.45, 2.75) is 13.5 Å². The molecular formula is C17H26N2O3. The molecule has 0 unspecified atom stereocenters. The first-order valence-electron chi connectivity index (χ1n) is 7.94. The van der Waals surface area contributed by atoms with Crippen LogP contribution in [-0.4, -0.2) is 66.8 Å². The van der Waals surface area contributed by atoms with Crippen LogP contribution in [0.15, 0.2) is 30.3 Å². The molecule has 0 radical (unpaired) electrons. The second-order valence-electron chi connectivity index (χ2n) is 5.79. The smallest absolute Gasteiger partial charge is 0.227 e. The van der Waals surface area contributed by atoms with Gasteiger partial charge in [0.15, 0.2) is 0 Å². The van der Waals surface area contributed by atoms with Crippen molar-refractivity contribution in [3.8, 4) is 0 Å². The lowest BCUT2D eigenvalue weighted by Crippen LogP contribution is -2.51. The Morgan fingerprint density at radius 1 is 1.23 bits per heavy atom. The lowest BCUT2D eigenvalue weighted by molar-refractivity contribution is -0.138. The second-order valence-corrected chi connectivity index (χ2v) is 5.79. The lowest BCUT2D eigenvalue weighted by atomic mass is 10.1. The van der Waals surface area contributed by atoms with Crippen molar-refractivity contribution >= 4 is 5.91 Å². The Morgan fingerprint density at radius 3 is 2.55 bits per heavy atom. The van der Waals surface area contributed by atoms with Gasteiger partial charge in [0.25, 0.3) is 0 Å². The monoisotopic (exact) mass is 306 g/mol. The number of piperazine rings is 1. The second kappa shape index (κ2) is 8.88. The zero-order chi connectivity index (χ0) is 15.8. The van der Waals surface area contributed by atoms with Crippen molar-refractivity contribution in [1.82, 2.24) is 9.80 Å². The number of hydrogen-bond donors (Lipinski definition) is 1. The number of rotatable bonds is 7. The van der Waals surface area contributed by atoms with E-state index in [1.54, 1.807) is 0 Å². The molecule has 1 aromatic carbocycles. The summed E-state index contributed by atoms with van der Waals surface area (Å²) in [5, 5.41) is 8.93. The molecule has 1 aromatic rings. The molecule has 5 nitrogen and oxygen atoms in total. The molecule has 0 saturated carbocycles. The van der Waals surface area contributed by atoms with E-state index in [1.807, 2.05) is 42.2 Å². The van der Waals surface area contributed by atoms with Gasteiger partial charge in [-0.25, -0.2) is 0 Å². The first-order chi connectivity index (χ1) is 10.7. The number of carbonyl (C=O) groups is 1. The van der Waals surface area contributed by atoms with Crippen LogP contribution in [0.4, 0.5) is 0 Å². The van der Waals surface area contributed by atoms with E-state index in [0.29, 0.717) is 19.8 Å². The summed E-state index contributed by atoms with van der Waals surface area (Å²) in [5.41, 5.74) is 1.12. The maximum Gasteiger partial charge on any atom is 0.227 e. The molecular weight excluding hydrogens is 280 g/mol. The number of carbonyl (C=O) groups excluding carboxylic acids is 1. The Hall–Kier alpha value is -1.43. The minimum atomic E-state index is -0.117.